The van der Waals surface area contributed by atoms with E-state index >= 15 is 0 Å². The molecule has 3 aliphatic heterocycles. The van der Waals surface area contributed by atoms with E-state index in [1.807, 2.05) is 31.2 Å². The van der Waals surface area contributed by atoms with Crippen molar-refractivity contribution in [3.05, 3.63) is 29.8 Å². The first kappa shape index (κ1) is 15.7. The molecule has 0 aromatic heterocycles. The van der Waals surface area contributed by atoms with Crippen LogP contribution in [-0.2, 0) is 19.1 Å². The summed E-state index contributed by atoms with van der Waals surface area (Å²) in [7, 11) is 0. The average molecular weight is 330 g/mol. The predicted molar refractivity (Wildman–Crippen MR) is 87.5 cm³/mol. The highest BCUT2D eigenvalue weighted by atomic mass is 16.7. The maximum Gasteiger partial charge on any atom is 0.251 e. The quantitative estimate of drug-likeness (QED) is 0.769. The second-order valence-corrected chi connectivity index (χ2v) is 6.77. The number of imide groups is 1. The van der Waals surface area contributed by atoms with Gasteiger partial charge in [0.15, 0.2) is 5.79 Å². The van der Waals surface area contributed by atoms with Gasteiger partial charge < -0.3 is 9.47 Å². The SMILES string of the molecule is Cc1ccc(N2C(=O)C[C@@H](N3CCC4(CC3)OCCO4)C2=O)cc1. The molecular formula is C18H22N2O4. The monoisotopic (exact) mass is 330 g/mol. The van der Waals surface area contributed by atoms with E-state index in [-0.39, 0.29) is 24.3 Å². The van der Waals surface area contributed by atoms with Crippen molar-refractivity contribution in [1.29, 1.82) is 0 Å². The predicted octanol–water partition coefficient (Wildman–Crippen LogP) is 1.47. The summed E-state index contributed by atoms with van der Waals surface area (Å²) in [5, 5.41) is 0. The minimum absolute atomic E-state index is 0.118. The lowest BCUT2D eigenvalue weighted by atomic mass is 10.0. The topological polar surface area (TPSA) is 59.1 Å². The molecule has 1 aromatic carbocycles. The third kappa shape index (κ3) is 2.64. The molecule has 1 aromatic rings. The zero-order chi connectivity index (χ0) is 16.7. The van der Waals surface area contributed by atoms with E-state index in [2.05, 4.69) is 4.90 Å². The molecule has 4 rings (SSSR count). The fraction of sp³-hybridized carbons (Fsp3) is 0.556. The minimum atomic E-state index is -0.460. The van der Waals surface area contributed by atoms with Crippen molar-refractivity contribution in [2.24, 2.45) is 0 Å². The normalized spacial score (nSPS) is 27.4. The van der Waals surface area contributed by atoms with Gasteiger partial charge in [0, 0.05) is 25.9 Å². The summed E-state index contributed by atoms with van der Waals surface area (Å²) in [4.78, 5) is 28.6. The lowest BCUT2D eigenvalue weighted by Gasteiger charge is -2.39. The van der Waals surface area contributed by atoms with Crippen LogP contribution in [0.2, 0.25) is 0 Å². The largest absolute Gasteiger partial charge is 0.347 e. The third-order valence-electron chi connectivity index (χ3n) is 5.23. The zero-order valence-corrected chi connectivity index (χ0v) is 13.9. The number of benzene rings is 1. The van der Waals surface area contributed by atoms with Gasteiger partial charge in [-0.2, -0.15) is 0 Å². The summed E-state index contributed by atoms with van der Waals surface area (Å²) >= 11 is 0. The molecule has 0 saturated carbocycles. The van der Waals surface area contributed by atoms with Crippen LogP contribution in [0.1, 0.15) is 24.8 Å². The summed E-state index contributed by atoms with van der Waals surface area (Å²) < 4.78 is 11.5. The summed E-state index contributed by atoms with van der Waals surface area (Å²) in [5.41, 5.74) is 1.77. The van der Waals surface area contributed by atoms with Crippen molar-refractivity contribution in [3.8, 4) is 0 Å². The molecule has 0 radical (unpaired) electrons. The number of likely N-dealkylation sites (tertiary alicyclic amines) is 1. The number of carbonyl (C=O) groups is 2. The molecule has 6 nitrogen and oxygen atoms in total. The smallest absolute Gasteiger partial charge is 0.251 e. The van der Waals surface area contributed by atoms with E-state index in [9.17, 15) is 9.59 Å². The van der Waals surface area contributed by atoms with Crippen LogP contribution in [0.4, 0.5) is 5.69 Å². The van der Waals surface area contributed by atoms with E-state index in [0.29, 0.717) is 32.0 Å². The maximum absolute atomic E-state index is 12.8. The first-order valence-corrected chi connectivity index (χ1v) is 8.53. The number of amides is 2. The van der Waals surface area contributed by atoms with Gasteiger partial charge in [-0.05, 0) is 19.1 Å². The highest BCUT2D eigenvalue weighted by Crippen LogP contribution is 2.34. The molecule has 3 heterocycles. The van der Waals surface area contributed by atoms with Crippen molar-refractivity contribution < 1.29 is 19.1 Å². The average Bonchev–Trinajstić information content (AvgIpc) is 3.15. The van der Waals surface area contributed by atoms with E-state index in [4.69, 9.17) is 9.47 Å². The van der Waals surface area contributed by atoms with Crippen LogP contribution in [-0.4, -0.2) is 54.8 Å². The number of anilines is 1. The van der Waals surface area contributed by atoms with Crippen molar-refractivity contribution in [3.63, 3.8) is 0 Å². The standard InChI is InChI=1S/C18H22N2O4/c1-13-2-4-14(5-3-13)20-16(21)12-15(17(20)22)19-8-6-18(7-9-19)23-10-11-24-18/h2-5,15H,6-12H2,1H3/t15-/m1/s1. The maximum atomic E-state index is 12.8. The summed E-state index contributed by atoms with van der Waals surface area (Å²) in [5.74, 6) is -0.700. The van der Waals surface area contributed by atoms with Crippen LogP contribution in [0.25, 0.3) is 0 Å². The molecule has 1 atom stereocenters. The van der Waals surface area contributed by atoms with Crippen molar-refractivity contribution in [1.82, 2.24) is 4.90 Å². The molecule has 3 aliphatic rings. The number of carbonyl (C=O) groups excluding carboxylic acids is 2. The number of hydrogen-bond acceptors (Lipinski definition) is 5. The molecule has 0 unspecified atom stereocenters. The van der Waals surface area contributed by atoms with Gasteiger partial charge in [-0.15, -0.1) is 0 Å². The van der Waals surface area contributed by atoms with E-state index in [1.165, 1.54) is 4.90 Å². The second kappa shape index (κ2) is 5.95. The highest BCUT2D eigenvalue weighted by Gasteiger charge is 2.47. The van der Waals surface area contributed by atoms with Crippen molar-refractivity contribution >= 4 is 17.5 Å². The molecule has 0 N–H and O–H groups in total. The Morgan fingerprint density at radius 2 is 1.67 bits per heavy atom. The Morgan fingerprint density at radius 1 is 1.04 bits per heavy atom. The second-order valence-electron chi connectivity index (χ2n) is 6.77. The first-order chi connectivity index (χ1) is 11.6. The highest BCUT2D eigenvalue weighted by molar-refractivity contribution is 6.22. The molecule has 3 fully saturated rings. The van der Waals surface area contributed by atoms with Gasteiger partial charge in [0.05, 0.1) is 31.4 Å². The van der Waals surface area contributed by atoms with E-state index in [0.717, 1.165) is 18.4 Å². The molecule has 128 valence electrons. The Morgan fingerprint density at radius 3 is 2.29 bits per heavy atom. The van der Waals surface area contributed by atoms with Gasteiger partial charge in [0.1, 0.15) is 0 Å². The van der Waals surface area contributed by atoms with Gasteiger partial charge in [0.25, 0.3) is 5.91 Å². The fourth-order valence-corrected chi connectivity index (χ4v) is 3.83. The van der Waals surface area contributed by atoms with Gasteiger partial charge >= 0.3 is 0 Å². The molecule has 3 saturated heterocycles. The number of rotatable bonds is 2. The number of aryl methyl sites for hydroxylation is 1. The van der Waals surface area contributed by atoms with Crippen LogP contribution < -0.4 is 4.90 Å². The fourth-order valence-electron chi connectivity index (χ4n) is 3.83. The third-order valence-corrected chi connectivity index (χ3v) is 5.23. The number of ether oxygens (including phenoxy) is 2. The van der Waals surface area contributed by atoms with E-state index < -0.39 is 5.79 Å². The minimum Gasteiger partial charge on any atom is -0.347 e. The number of hydrogen-bond donors (Lipinski definition) is 0. The van der Waals surface area contributed by atoms with Crippen LogP contribution in [0, 0.1) is 6.92 Å². The van der Waals surface area contributed by atoms with Crippen molar-refractivity contribution in [2.75, 3.05) is 31.2 Å². The molecule has 24 heavy (non-hydrogen) atoms. The first-order valence-electron chi connectivity index (χ1n) is 8.53. The molecule has 1 spiro atoms. The molecule has 0 aliphatic carbocycles. The molecule has 2 amide bonds. The summed E-state index contributed by atoms with van der Waals surface area (Å²) in [6.45, 7) is 4.69. The van der Waals surface area contributed by atoms with Gasteiger partial charge in [-0.1, -0.05) is 17.7 Å². The van der Waals surface area contributed by atoms with Gasteiger partial charge in [-0.25, -0.2) is 4.90 Å². The molecule has 0 bridgehead atoms. The Labute approximate surface area is 141 Å². The molecule has 6 heteroatoms. The van der Waals surface area contributed by atoms with Crippen LogP contribution >= 0.6 is 0 Å². The van der Waals surface area contributed by atoms with Gasteiger partial charge in [-0.3, -0.25) is 14.5 Å². The zero-order valence-electron chi connectivity index (χ0n) is 13.9. The molecular weight excluding hydrogens is 308 g/mol. The Hall–Kier alpha value is -1.76. The lowest BCUT2D eigenvalue weighted by Crippen LogP contribution is -2.51. The number of nitrogens with zero attached hydrogens (tertiary/aromatic N) is 2. The van der Waals surface area contributed by atoms with Crippen LogP contribution in [0.15, 0.2) is 24.3 Å². The summed E-state index contributed by atoms with van der Waals surface area (Å²) in [6.07, 6.45) is 1.74. The Bertz CT molecular complexity index is 641. The Balaban J connectivity index is 1.47. The Kier molecular flexibility index (Phi) is 3.90. The van der Waals surface area contributed by atoms with E-state index in [1.54, 1.807) is 0 Å². The number of piperidine rings is 1. The van der Waals surface area contributed by atoms with Crippen LogP contribution in [0.3, 0.4) is 0 Å². The van der Waals surface area contributed by atoms with Crippen LogP contribution in [0.5, 0.6) is 0 Å². The lowest BCUT2D eigenvalue weighted by molar-refractivity contribution is -0.188. The van der Waals surface area contributed by atoms with Gasteiger partial charge in [0.2, 0.25) is 5.91 Å². The van der Waals surface area contributed by atoms with Crippen molar-refractivity contribution in [2.45, 2.75) is 38.0 Å². The summed E-state index contributed by atoms with van der Waals surface area (Å²) in [6, 6.07) is 7.14.